The molecule has 0 saturated heterocycles. The molecule has 0 spiro atoms. The summed E-state index contributed by atoms with van der Waals surface area (Å²) in [5, 5.41) is 21.4. The molecule has 0 N–H and O–H groups in total. The van der Waals surface area contributed by atoms with Crippen LogP contribution in [0.1, 0.15) is 11.1 Å². The molecule has 0 aliphatic carbocycles. The van der Waals surface area contributed by atoms with Gasteiger partial charge in [0.05, 0.1) is 11.9 Å². The van der Waals surface area contributed by atoms with Crippen LogP contribution in [0, 0.1) is 13.8 Å². The molecular weight excluding hydrogens is 407 g/mol. The number of benzene rings is 2. The average molecular weight is 424 g/mol. The summed E-state index contributed by atoms with van der Waals surface area (Å²) < 4.78 is 9.87. The molecule has 2 aromatic rings. The zero-order valence-corrected chi connectivity index (χ0v) is 17.7. The maximum Gasteiger partial charge on any atom is 2.00 e. The average Bonchev–Trinajstić information content (AvgIpc) is 2.53. The van der Waals surface area contributed by atoms with E-state index in [1.807, 2.05) is 0 Å². The molecule has 2 aromatic carbocycles. The van der Waals surface area contributed by atoms with Gasteiger partial charge in [0, 0.05) is 10.0 Å². The predicted octanol–water partition coefficient (Wildman–Crippen LogP) is 1.17. The van der Waals surface area contributed by atoms with Crippen LogP contribution in [-0.2, 0) is 9.59 Å². The van der Waals surface area contributed by atoms with Gasteiger partial charge in [-0.15, -0.1) is 0 Å². The van der Waals surface area contributed by atoms with Gasteiger partial charge < -0.3 is 29.3 Å². The Kier molecular flexibility index (Phi) is 11.9. The van der Waals surface area contributed by atoms with Gasteiger partial charge in [-0.1, -0.05) is 23.2 Å². The maximum atomic E-state index is 10.1. The van der Waals surface area contributed by atoms with Crippen molar-refractivity contribution in [2.45, 2.75) is 13.8 Å². The Morgan fingerprint density at radius 2 is 1.15 bits per heavy atom. The summed E-state index contributed by atoms with van der Waals surface area (Å²) in [6.07, 6.45) is 0. The first kappa shape index (κ1) is 25.3. The third-order valence-corrected chi connectivity index (χ3v) is 3.44. The molecule has 0 bridgehead atoms. The van der Waals surface area contributed by atoms with Crippen LogP contribution in [0.5, 0.6) is 11.5 Å². The molecule has 9 heteroatoms. The third-order valence-electron chi connectivity index (χ3n) is 2.97. The van der Waals surface area contributed by atoms with Gasteiger partial charge in [-0.25, -0.2) is 0 Å². The number of carbonyl (C=O) groups excluding carboxylic acids is 2. The molecule has 0 amide bonds. The first-order chi connectivity index (χ1) is 12.2. The predicted molar refractivity (Wildman–Crippen MR) is 99.1 cm³/mol. The molecule has 140 valence electrons. The molecular formula is C18H16Cl2MgO6. The number of rotatable bonds is 6. The van der Waals surface area contributed by atoms with Crippen molar-refractivity contribution < 1.29 is 29.3 Å². The molecule has 6 nitrogen and oxygen atoms in total. The Balaban J connectivity index is 0.000000483. The van der Waals surface area contributed by atoms with E-state index in [-0.39, 0.29) is 23.1 Å². The van der Waals surface area contributed by atoms with Gasteiger partial charge in [0.15, 0.2) is 0 Å². The SMILES string of the molecule is Cc1cc(Cl)ccc1OCC(=O)[O-].Cc1cc(Cl)ccc1OCC(=O)[O-].[Mg+2]. The number of hydrogen-bond acceptors (Lipinski definition) is 6. The molecule has 0 aromatic heterocycles. The number of ether oxygens (including phenoxy) is 2. The van der Waals surface area contributed by atoms with E-state index in [1.54, 1.807) is 50.2 Å². The number of carbonyl (C=O) groups is 2. The summed E-state index contributed by atoms with van der Waals surface area (Å²) in [5.41, 5.74) is 1.60. The Hall–Kier alpha value is -1.67. The van der Waals surface area contributed by atoms with E-state index in [0.717, 1.165) is 11.1 Å². The Labute approximate surface area is 183 Å². The van der Waals surface area contributed by atoms with Gasteiger partial charge in [0.25, 0.3) is 0 Å². The van der Waals surface area contributed by atoms with E-state index in [2.05, 4.69) is 0 Å². The van der Waals surface area contributed by atoms with Crippen LogP contribution in [0.2, 0.25) is 10.0 Å². The second-order valence-corrected chi connectivity index (χ2v) is 6.01. The van der Waals surface area contributed by atoms with Crippen molar-refractivity contribution in [3.63, 3.8) is 0 Å². The van der Waals surface area contributed by atoms with E-state index >= 15 is 0 Å². The molecule has 0 aliphatic heterocycles. The second kappa shape index (κ2) is 12.7. The largest absolute Gasteiger partial charge is 2.00 e. The van der Waals surface area contributed by atoms with E-state index in [1.165, 1.54) is 0 Å². The van der Waals surface area contributed by atoms with E-state index in [4.69, 9.17) is 32.7 Å². The van der Waals surface area contributed by atoms with E-state index < -0.39 is 25.2 Å². The summed E-state index contributed by atoms with van der Waals surface area (Å²) >= 11 is 11.4. The van der Waals surface area contributed by atoms with Gasteiger partial charge in [-0.2, -0.15) is 0 Å². The molecule has 0 unspecified atom stereocenters. The first-order valence-electron chi connectivity index (χ1n) is 7.36. The Morgan fingerprint density at radius 1 is 0.815 bits per heavy atom. The molecule has 0 heterocycles. The van der Waals surface area contributed by atoms with Crippen molar-refractivity contribution in [2.75, 3.05) is 13.2 Å². The number of carboxylic acids is 2. The fourth-order valence-electron chi connectivity index (χ4n) is 1.82. The van der Waals surface area contributed by atoms with Crippen molar-refractivity contribution >= 4 is 58.2 Å². The molecule has 0 radical (unpaired) electrons. The molecule has 27 heavy (non-hydrogen) atoms. The van der Waals surface area contributed by atoms with Crippen LogP contribution in [0.4, 0.5) is 0 Å². The van der Waals surface area contributed by atoms with Gasteiger partial charge in [0.1, 0.15) is 24.7 Å². The van der Waals surface area contributed by atoms with Crippen LogP contribution in [0.15, 0.2) is 36.4 Å². The number of hydrogen-bond donors (Lipinski definition) is 0. The zero-order valence-electron chi connectivity index (χ0n) is 14.8. The van der Waals surface area contributed by atoms with Crippen molar-refractivity contribution in [3.05, 3.63) is 57.6 Å². The summed E-state index contributed by atoms with van der Waals surface area (Å²) in [7, 11) is 0. The van der Waals surface area contributed by atoms with Crippen LogP contribution < -0.4 is 19.7 Å². The molecule has 0 saturated carbocycles. The van der Waals surface area contributed by atoms with E-state index in [9.17, 15) is 19.8 Å². The molecule has 0 aliphatic rings. The summed E-state index contributed by atoms with van der Waals surface area (Å²) in [5.74, 6) is -1.47. The van der Waals surface area contributed by atoms with Crippen LogP contribution in [-0.4, -0.2) is 48.2 Å². The smallest absolute Gasteiger partial charge is 0.546 e. The summed E-state index contributed by atoms with van der Waals surface area (Å²) in [4.78, 5) is 20.2. The quantitative estimate of drug-likeness (QED) is 0.647. The van der Waals surface area contributed by atoms with Crippen molar-refractivity contribution in [3.8, 4) is 11.5 Å². The maximum absolute atomic E-state index is 10.1. The minimum absolute atomic E-state index is 0. The minimum Gasteiger partial charge on any atom is -0.546 e. The molecule has 0 atom stereocenters. The minimum atomic E-state index is -1.24. The topological polar surface area (TPSA) is 98.7 Å². The standard InChI is InChI=1S/2C9H9ClO3.Mg/c2*1-6-4-7(10)2-3-8(6)13-5-9(11)12;/h2*2-4H,5H2,1H3,(H,11,12);/q;;+2/p-2. The fourth-order valence-corrected chi connectivity index (χ4v) is 2.28. The summed E-state index contributed by atoms with van der Waals surface area (Å²) in [6, 6.07) is 9.93. The molecule has 0 fully saturated rings. The first-order valence-corrected chi connectivity index (χ1v) is 8.12. The number of carboxylic acid groups (broad SMARTS) is 2. The van der Waals surface area contributed by atoms with Gasteiger partial charge in [-0.3, -0.25) is 0 Å². The Bertz CT molecular complexity index is 717. The number of aliphatic carboxylic acids is 2. The molecule has 2 rings (SSSR count). The van der Waals surface area contributed by atoms with Crippen LogP contribution >= 0.6 is 23.2 Å². The monoisotopic (exact) mass is 422 g/mol. The second-order valence-electron chi connectivity index (χ2n) is 5.14. The van der Waals surface area contributed by atoms with Gasteiger partial charge in [-0.05, 0) is 61.4 Å². The van der Waals surface area contributed by atoms with E-state index in [0.29, 0.717) is 21.5 Å². The van der Waals surface area contributed by atoms with Crippen molar-refractivity contribution in [2.24, 2.45) is 0 Å². The Morgan fingerprint density at radius 3 is 1.41 bits per heavy atom. The van der Waals surface area contributed by atoms with Crippen LogP contribution in [0.25, 0.3) is 0 Å². The summed E-state index contributed by atoms with van der Waals surface area (Å²) in [6.45, 7) is 2.69. The van der Waals surface area contributed by atoms with Crippen molar-refractivity contribution in [1.29, 1.82) is 0 Å². The van der Waals surface area contributed by atoms with Gasteiger partial charge >= 0.3 is 23.1 Å². The van der Waals surface area contributed by atoms with Crippen LogP contribution in [0.3, 0.4) is 0 Å². The van der Waals surface area contributed by atoms with Gasteiger partial charge in [0.2, 0.25) is 0 Å². The third kappa shape index (κ3) is 10.3. The number of aryl methyl sites for hydroxylation is 2. The zero-order chi connectivity index (χ0) is 19.7. The van der Waals surface area contributed by atoms with Crippen molar-refractivity contribution in [1.82, 2.24) is 0 Å². The fraction of sp³-hybridized carbons (Fsp3) is 0.222. The normalized spacial score (nSPS) is 9.33. The number of halogens is 2.